The number of sulfonamides is 1. The van der Waals surface area contributed by atoms with Crippen LogP contribution in [0.1, 0.15) is 16.6 Å². The first-order valence-electron chi connectivity index (χ1n) is 9.25. The molecule has 4 rings (SSSR count). The summed E-state index contributed by atoms with van der Waals surface area (Å²) in [7, 11) is -3.86. The van der Waals surface area contributed by atoms with Crippen LogP contribution in [-0.2, 0) is 10.0 Å². The normalized spacial score (nSPS) is 12.2. The molecule has 1 atom stereocenters. The molecule has 11 heteroatoms. The number of benzene rings is 2. The molecule has 0 aliphatic carbocycles. The lowest BCUT2D eigenvalue weighted by atomic mass is 10.0. The number of nitrogens with two attached hydrogens (primary N) is 1. The monoisotopic (exact) mass is 483 g/mol. The zero-order chi connectivity index (χ0) is 22.7. The minimum absolute atomic E-state index is 0.280. The molecular weight excluding hydrogens is 466 g/mol. The van der Waals surface area contributed by atoms with Gasteiger partial charge in [0.2, 0.25) is 10.0 Å². The van der Waals surface area contributed by atoms with E-state index in [2.05, 4.69) is 26.5 Å². The Morgan fingerprint density at radius 1 is 1.19 bits per heavy atom. The zero-order valence-corrected chi connectivity index (χ0v) is 18.9. The third kappa shape index (κ3) is 5.12. The molecule has 0 saturated carbocycles. The van der Waals surface area contributed by atoms with Gasteiger partial charge in [-0.2, -0.15) is 0 Å². The summed E-state index contributed by atoms with van der Waals surface area (Å²) in [4.78, 5) is 20.8. The maximum absolute atomic E-state index is 12.4. The van der Waals surface area contributed by atoms with Crippen LogP contribution in [0.5, 0.6) is 0 Å². The molecule has 0 radical (unpaired) electrons. The van der Waals surface area contributed by atoms with Gasteiger partial charge >= 0.3 is 6.03 Å². The summed E-state index contributed by atoms with van der Waals surface area (Å²) in [6.07, 6.45) is 5.28. The fourth-order valence-corrected chi connectivity index (χ4v) is 5.29. The number of nitrogens with zero attached hydrogens (tertiary/aromatic N) is 2. The van der Waals surface area contributed by atoms with E-state index in [9.17, 15) is 13.2 Å². The van der Waals surface area contributed by atoms with Crippen molar-refractivity contribution in [3.05, 3.63) is 63.9 Å². The first kappa shape index (κ1) is 21.9. The van der Waals surface area contributed by atoms with Crippen molar-refractivity contribution in [1.82, 2.24) is 15.3 Å². The number of terminal acetylenes is 1. The molecule has 0 aliphatic rings. The summed E-state index contributed by atoms with van der Waals surface area (Å²) < 4.78 is 24.6. The number of thiazole rings is 2. The van der Waals surface area contributed by atoms with E-state index in [-0.39, 0.29) is 5.82 Å². The number of aromatic nitrogens is 2. The Morgan fingerprint density at radius 2 is 1.97 bits per heavy atom. The van der Waals surface area contributed by atoms with Crippen LogP contribution in [-0.4, -0.2) is 30.2 Å². The van der Waals surface area contributed by atoms with E-state index in [1.54, 1.807) is 34.4 Å². The number of amides is 2. The second kappa shape index (κ2) is 9.05. The summed E-state index contributed by atoms with van der Waals surface area (Å²) in [6, 6.07) is 11.7. The molecule has 4 N–H and O–H groups in total. The molecule has 4 aromatic rings. The van der Waals surface area contributed by atoms with Crippen LogP contribution in [0.2, 0.25) is 0 Å². The maximum Gasteiger partial charge on any atom is 0.320 e. The second-order valence-electron chi connectivity index (χ2n) is 6.79. The van der Waals surface area contributed by atoms with Crippen LogP contribution in [0.25, 0.3) is 21.3 Å². The van der Waals surface area contributed by atoms with E-state index in [0.717, 1.165) is 21.3 Å². The highest BCUT2D eigenvalue weighted by Crippen LogP contribution is 2.31. The summed E-state index contributed by atoms with van der Waals surface area (Å²) >= 11 is 2.76. The van der Waals surface area contributed by atoms with Crippen LogP contribution in [0.3, 0.4) is 0 Å². The predicted molar refractivity (Wildman–Crippen MR) is 128 cm³/mol. The van der Waals surface area contributed by atoms with Crippen molar-refractivity contribution in [2.75, 3.05) is 11.1 Å². The molecule has 162 valence electrons. The van der Waals surface area contributed by atoms with Gasteiger partial charge in [0, 0.05) is 10.9 Å². The number of urea groups is 1. The van der Waals surface area contributed by atoms with Crippen LogP contribution >= 0.6 is 22.7 Å². The van der Waals surface area contributed by atoms with Crippen molar-refractivity contribution >= 4 is 54.8 Å². The predicted octanol–water partition coefficient (Wildman–Crippen LogP) is 3.55. The number of fused-ring (bicyclic) bond motifs is 1. The molecule has 0 spiro atoms. The molecule has 0 aliphatic heterocycles. The SMILES string of the molecule is C#Cc1nc(NC(=O)N[C@@H](CS(N)(=O)=O)c2ccc(-c3cccc4ncsc34)cc2)cs1. The van der Waals surface area contributed by atoms with E-state index in [1.807, 2.05) is 30.3 Å². The molecular formula is C21H17N5O3S3. The number of hydrogen-bond donors (Lipinski definition) is 3. The maximum atomic E-state index is 12.4. The van der Waals surface area contributed by atoms with E-state index >= 15 is 0 Å². The van der Waals surface area contributed by atoms with Gasteiger partial charge in [-0.05, 0) is 23.1 Å². The van der Waals surface area contributed by atoms with E-state index in [4.69, 9.17) is 11.6 Å². The number of primary sulfonamides is 1. The fraction of sp³-hybridized carbons (Fsp3) is 0.0952. The molecule has 2 aromatic heterocycles. The topological polar surface area (TPSA) is 127 Å². The fourth-order valence-electron chi connectivity index (χ4n) is 3.17. The Kier molecular flexibility index (Phi) is 6.20. The molecule has 0 fully saturated rings. The number of anilines is 1. The lowest BCUT2D eigenvalue weighted by Crippen LogP contribution is -2.37. The van der Waals surface area contributed by atoms with Crippen LogP contribution in [0.4, 0.5) is 10.6 Å². The van der Waals surface area contributed by atoms with Crippen LogP contribution in [0, 0.1) is 12.3 Å². The lowest BCUT2D eigenvalue weighted by Gasteiger charge is -2.19. The Bertz CT molecular complexity index is 1420. The number of rotatable bonds is 6. The van der Waals surface area contributed by atoms with Crippen molar-refractivity contribution < 1.29 is 13.2 Å². The average Bonchev–Trinajstić information content (AvgIpc) is 3.41. The number of carbonyl (C=O) groups is 1. The van der Waals surface area contributed by atoms with Crippen molar-refractivity contribution in [3.8, 4) is 23.5 Å². The van der Waals surface area contributed by atoms with Gasteiger partial charge in [-0.1, -0.05) is 36.4 Å². The molecule has 2 heterocycles. The zero-order valence-electron chi connectivity index (χ0n) is 16.5. The molecule has 8 nitrogen and oxygen atoms in total. The van der Waals surface area contributed by atoms with E-state index in [0.29, 0.717) is 10.6 Å². The first-order valence-corrected chi connectivity index (χ1v) is 12.7. The molecule has 2 aromatic carbocycles. The van der Waals surface area contributed by atoms with Crippen molar-refractivity contribution in [3.63, 3.8) is 0 Å². The number of nitrogens with one attached hydrogen (secondary N) is 2. The Labute approximate surface area is 192 Å². The van der Waals surface area contributed by atoms with Gasteiger partial charge in [-0.3, -0.25) is 5.32 Å². The van der Waals surface area contributed by atoms with Gasteiger partial charge in [-0.25, -0.2) is 28.3 Å². The van der Waals surface area contributed by atoms with E-state index < -0.39 is 27.8 Å². The molecule has 2 amide bonds. The number of hydrogen-bond acceptors (Lipinski definition) is 7. The van der Waals surface area contributed by atoms with Gasteiger partial charge in [0.15, 0.2) is 5.01 Å². The van der Waals surface area contributed by atoms with Crippen LogP contribution in [0.15, 0.2) is 53.4 Å². The van der Waals surface area contributed by atoms with Crippen molar-refractivity contribution in [1.29, 1.82) is 0 Å². The Balaban J connectivity index is 1.57. The first-order chi connectivity index (χ1) is 15.3. The third-order valence-electron chi connectivity index (χ3n) is 4.55. The molecule has 0 bridgehead atoms. The average molecular weight is 484 g/mol. The lowest BCUT2D eigenvalue weighted by molar-refractivity contribution is 0.249. The summed E-state index contributed by atoms with van der Waals surface area (Å²) in [5, 5.41) is 12.5. The summed E-state index contributed by atoms with van der Waals surface area (Å²) in [5.41, 5.74) is 5.28. The molecule has 32 heavy (non-hydrogen) atoms. The Hall–Kier alpha value is -3.30. The smallest absolute Gasteiger partial charge is 0.320 e. The highest BCUT2D eigenvalue weighted by atomic mass is 32.2. The largest absolute Gasteiger partial charge is 0.330 e. The van der Waals surface area contributed by atoms with Gasteiger partial charge in [0.1, 0.15) is 5.82 Å². The standard InChI is InChI=1S/C21H17N5O3S3/c1-2-19-25-18(10-30-19)26-21(27)24-17(11-32(22,28)29)14-8-6-13(7-9-14)15-4-3-5-16-20(15)31-12-23-16/h1,3-10,12,17H,11H2,(H2,22,28,29)(H2,24,26,27)/t17-/m0/s1. The third-order valence-corrected chi connectivity index (χ3v) is 7.00. The molecule has 0 saturated heterocycles. The van der Waals surface area contributed by atoms with Gasteiger partial charge in [-0.15, -0.1) is 29.1 Å². The Morgan fingerprint density at radius 3 is 2.66 bits per heavy atom. The minimum atomic E-state index is -3.86. The molecule has 0 unspecified atom stereocenters. The minimum Gasteiger partial charge on any atom is -0.330 e. The van der Waals surface area contributed by atoms with E-state index in [1.165, 1.54) is 11.3 Å². The summed E-state index contributed by atoms with van der Waals surface area (Å²) in [5.74, 6) is 2.20. The van der Waals surface area contributed by atoms with Crippen LogP contribution < -0.4 is 15.8 Å². The highest BCUT2D eigenvalue weighted by Gasteiger charge is 2.21. The van der Waals surface area contributed by atoms with Gasteiger partial charge < -0.3 is 5.32 Å². The highest BCUT2D eigenvalue weighted by molar-refractivity contribution is 7.89. The summed E-state index contributed by atoms with van der Waals surface area (Å²) in [6.45, 7) is 0. The quantitative estimate of drug-likeness (QED) is 0.362. The van der Waals surface area contributed by atoms with Gasteiger partial charge in [0.25, 0.3) is 0 Å². The van der Waals surface area contributed by atoms with Crippen molar-refractivity contribution in [2.45, 2.75) is 6.04 Å². The van der Waals surface area contributed by atoms with Crippen molar-refractivity contribution in [2.24, 2.45) is 5.14 Å². The number of carbonyl (C=O) groups excluding carboxylic acids is 1. The second-order valence-corrected chi connectivity index (χ2v) is 10.2. The van der Waals surface area contributed by atoms with Gasteiger partial charge in [0.05, 0.1) is 27.5 Å².